The van der Waals surface area contributed by atoms with Crippen molar-refractivity contribution in [3.8, 4) is 0 Å². The van der Waals surface area contributed by atoms with Crippen molar-refractivity contribution in [2.45, 2.75) is 6.42 Å². The van der Waals surface area contributed by atoms with Crippen LogP contribution in [-0.2, 0) is 6.42 Å². The Morgan fingerprint density at radius 2 is 2.50 bits per heavy atom. The summed E-state index contributed by atoms with van der Waals surface area (Å²) in [6, 6.07) is 0. The maximum Gasteiger partial charge on any atom is 0.242 e. The van der Waals surface area contributed by atoms with Crippen LogP contribution in [0.3, 0.4) is 0 Å². The summed E-state index contributed by atoms with van der Waals surface area (Å²) in [5, 5.41) is 6.73. The van der Waals surface area contributed by atoms with Crippen molar-refractivity contribution in [1.82, 2.24) is 15.2 Å². The van der Waals surface area contributed by atoms with Crippen molar-refractivity contribution in [2.24, 2.45) is 0 Å². The lowest BCUT2D eigenvalue weighted by molar-refractivity contribution is 0.954. The van der Waals surface area contributed by atoms with Crippen LogP contribution < -0.4 is 0 Å². The van der Waals surface area contributed by atoms with Crippen LogP contribution in [0.15, 0.2) is 0 Å². The first kappa shape index (κ1) is 7.88. The highest BCUT2D eigenvalue weighted by atomic mass is 35.5. The molecule has 1 rings (SSSR count). The van der Waals surface area contributed by atoms with E-state index < -0.39 is 0 Å². The van der Waals surface area contributed by atoms with Crippen molar-refractivity contribution < 1.29 is 0 Å². The van der Waals surface area contributed by atoms with Crippen LogP contribution in [-0.4, -0.2) is 27.2 Å². The molecule has 0 saturated heterocycles. The molecule has 0 fully saturated rings. The van der Waals surface area contributed by atoms with E-state index in [1.165, 1.54) is 0 Å². The maximum atomic E-state index is 5.48. The van der Waals surface area contributed by atoms with E-state index in [2.05, 4.69) is 21.4 Å². The van der Waals surface area contributed by atoms with Crippen LogP contribution in [0.4, 0.5) is 0 Å². The highest BCUT2D eigenvalue weighted by Gasteiger charge is 1.97. The van der Waals surface area contributed by atoms with Gasteiger partial charge in [-0.1, -0.05) is 0 Å². The molecule has 0 aliphatic carbocycles. The average Bonchev–Trinajstić information content (AvgIpc) is 2.31. The second-order valence-electron chi connectivity index (χ2n) is 1.79. The Kier molecular flexibility index (Phi) is 3.02. The van der Waals surface area contributed by atoms with Gasteiger partial charge in [0.2, 0.25) is 5.28 Å². The van der Waals surface area contributed by atoms with E-state index in [9.17, 15) is 0 Å². The summed E-state index contributed by atoms with van der Waals surface area (Å²) < 4.78 is 0. The second kappa shape index (κ2) is 3.83. The molecule has 1 aromatic rings. The fraction of sp³-hybridized carbons (Fsp3) is 0.600. The van der Waals surface area contributed by atoms with Gasteiger partial charge in [-0.2, -0.15) is 11.8 Å². The summed E-state index contributed by atoms with van der Waals surface area (Å²) in [5.41, 5.74) is 0. The number of nitrogens with one attached hydrogen (secondary N) is 1. The first-order valence-electron chi connectivity index (χ1n) is 2.88. The molecular weight excluding hydrogens is 170 g/mol. The van der Waals surface area contributed by atoms with Crippen LogP contribution in [0.25, 0.3) is 0 Å². The number of halogens is 1. The highest BCUT2D eigenvalue weighted by Crippen LogP contribution is 2.02. The van der Waals surface area contributed by atoms with Gasteiger partial charge < -0.3 is 0 Å². The highest BCUT2D eigenvalue weighted by molar-refractivity contribution is 7.98. The Labute approximate surface area is 68.6 Å². The molecule has 1 N–H and O–H groups in total. The number of hydrogen-bond donors (Lipinski definition) is 1. The number of aryl methyl sites for hydroxylation is 1. The fourth-order valence-electron chi connectivity index (χ4n) is 0.583. The Morgan fingerprint density at radius 1 is 1.70 bits per heavy atom. The number of hydrogen-bond acceptors (Lipinski definition) is 3. The summed E-state index contributed by atoms with van der Waals surface area (Å²) in [5.74, 6) is 1.91. The molecular formula is C5H8ClN3S. The lowest BCUT2D eigenvalue weighted by Gasteiger charge is -1.89. The molecule has 0 aliphatic rings. The minimum Gasteiger partial charge on any atom is -0.262 e. The van der Waals surface area contributed by atoms with Gasteiger partial charge in [-0.25, -0.2) is 4.98 Å². The number of rotatable bonds is 3. The van der Waals surface area contributed by atoms with Crippen LogP contribution in [0.1, 0.15) is 5.82 Å². The number of nitrogens with zero attached hydrogens (tertiary/aromatic N) is 2. The van der Waals surface area contributed by atoms with Crippen LogP contribution in [0.5, 0.6) is 0 Å². The van der Waals surface area contributed by atoms with E-state index >= 15 is 0 Å². The predicted molar refractivity (Wildman–Crippen MR) is 43.5 cm³/mol. The molecule has 56 valence electrons. The van der Waals surface area contributed by atoms with Crippen LogP contribution >= 0.6 is 23.4 Å². The minimum atomic E-state index is 0.302. The molecule has 0 saturated carbocycles. The number of aromatic amines is 1. The third kappa shape index (κ3) is 2.19. The van der Waals surface area contributed by atoms with E-state index in [4.69, 9.17) is 11.6 Å². The molecule has 0 atom stereocenters. The minimum absolute atomic E-state index is 0.302. The second-order valence-corrected chi connectivity index (χ2v) is 3.12. The van der Waals surface area contributed by atoms with Gasteiger partial charge in [-0.15, -0.1) is 5.10 Å². The average molecular weight is 178 g/mol. The maximum absolute atomic E-state index is 5.48. The smallest absolute Gasteiger partial charge is 0.242 e. The van der Waals surface area contributed by atoms with Crippen molar-refractivity contribution in [1.29, 1.82) is 0 Å². The molecule has 10 heavy (non-hydrogen) atoms. The van der Waals surface area contributed by atoms with Gasteiger partial charge in [0.25, 0.3) is 0 Å². The SMILES string of the molecule is CSCCc1nc(Cl)n[nH]1. The van der Waals surface area contributed by atoms with Gasteiger partial charge in [0.1, 0.15) is 5.82 Å². The Bertz CT molecular complexity index is 201. The molecule has 0 bridgehead atoms. The molecule has 0 spiro atoms. The number of H-pyrrole nitrogens is 1. The molecule has 0 aromatic carbocycles. The van der Waals surface area contributed by atoms with E-state index in [1.54, 1.807) is 11.8 Å². The fourth-order valence-corrected chi connectivity index (χ4v) is 1.12. The topological polar surface area (TPSA) is 41.6 Å². The van der Waals surface area contributed by atoms with Gasteiger partial charge in [-0.05, 0) is 17.9 Å². The van der Waals surface area contributed by atoms with E-state index in [0.717, 1.165) is 18.0 Å². The molecule has 3 nitrogen and oxygen atoms in total. The Morgan fingerprint density at radius 3 is 3.00 bits per heavy atom. The Hall–Kier alpha value is -0.220. The number of aromatic nitrogens is 3. The third-order valence-corrected chi connectivity index (χ3v) is 1.83. The summed E-state index contributed by atoms with van der Waals surface area (Å²) in [6.07, 6.45) is 2.96. The van der Waals surface area contributed by atoms with Crippen molar-refractivity contribution >= 4 is 23.4 Å². The zero-order valence-electron chi connectivity index (χ0n) is 5.59. The number of thioether (sulfide) groups is 1. The van der Waals surface area contributed by atoms with E-state index in [-0.39, 0.29) is 0 Å². The standard InChI is InChI=1S/C5H8ClN3S/c1-10-3-2-4-7-5(6)9-8-4/h2-3H2,1H3,(H,7,8,9). The van der Waals surface area contributed by atoms with Gasteiger partial charge >= 0.3 is 0 Å². The normalized spacial score (nSPS) is 10.2. The summed E-state index contributed by atoms with van der Waals surface area (Å²) in [7, 11) is 0. The summed E-state index contributed by atoms with van der Waals surface area (Å²) in [4.78, 5) is 3.93. The lowest BCUT2D eigenvalue weighted by Crippen LogP contribution is -1.89. The third-order valence-electron chi connectivity index (χ3n) is 1.05. The van der Waals surface area contributed by atoms with Crippen LogP contribution in [0.2, 0.25) is 5.28 Å². The van der Waals surface area contributed by atoms with Crippen LogP contribution in [0, 0.1) is 0 Å². The molecule has 0 aliphatic heterocycles. The van der Waals surface area contributed by atoms with Gasteiger partial charge in [-0.3, -0.25) is 5.10 Å². The summed E-state index contributed by atoms with van der Waals surface area (Å²) in [6.45, 7) is 0. The first-order valence-corrected chi connectivity index (χ1v) is 4.66. The van der Waals surface area contributed by atoms with E-state index in [1.807, 2.05) is 0 Å². The van der Waals surface area contributed by atoms with E-state index in [0.29, 0.717) is 5.28 Å². The zero-order valence-corrected chi connectivity index (χ0v) is 7.17. The monoisotopic (exact) mass is 177 g/mol. The lowest BCUT2D eigenvalue weighted by atomic mass is 10.5. The molecule has 0 amide bonds. The van der Waals surface area contributed by atoms with Crippen molar-refractivity contribution in [2.75, 3.05) is 12.0 Å². The molecule has 1 aromatic heterocycles. The molecule has 0 radical (unpaired) electrons. The largest absolute Gasteiger partial charge is 0.262 e. The van der Waals surface area contributed by atoms with Crippen molar-refractivity contribution in [3.63, 3.8) is 0 Å². The Balaban J connectivity index is 2.42. The molecule has 5 heteroatoms. The predicted octanol–water partition coefficient (Wildman–Crippen LogP) is 1.36. The molecule has 0 unspecified atom stereocenters. The molecule has 1 heterocycles. The quantitative estimate of drug-likeness (QED) is 0.758. The van der Waals surface area contributed by atoms with Crippen molar-refractivity contribution in [3.05, 3.63) is 11.1 Å². The summed E-state index contributed by atoms with van der Waals surface area (Å²) >= 11 is 7.25. The zero-order chi connectivity index (χ0) is 7.40. The van der Waals surface area contributed by atoms with Gasteiger partial charge in [0, 0.05) is 12.2 Å². The first-order chi connectivity index (χ1) is 4.83. The van der Waals surface area contributed by atoms with Gasteiger partial charge in [0.05, 0.1) is 0 Å². The van der Waals surface area contributed by atoms with Gasteiger partial charge in [0.15, 0.2) is 0 Å².